The SMILES string of the molecule is COCCCN(C)CCNC1CCC(C)C1. The number of hydrogen-bond donors (Lipinski definition) is 1. The Bertz CT molecular complexity index is 175. The van der Waals surface area contributed by atoms with Crippen LogP contribution in [0.2, 0.25) is 0 Å². The third kappa shape index (κ3) is 5.83. The molecule has 2 atom stereocenters. The van der Waals surface area contributed by atoms with E-state index in [9.17, 15) is 0 Å². The molecule has 0 aromatic rings. The van der Waals surface area contributed by atoms with Crippen LogP contribution < -0.4 is 5.32 Å². The van der Waals surface area contributed by atoms with Gasteiger partial charge in [-0.1, -0.05) is 6.92 Å². The summed E-state index contributed by atoms with van der Waals surface area (Å²) < 4.78 is 5.05. The Labute approximate surface area is 101 Å². The molecule has 1 fully saturated rings. The Kier molecular flexibility index (Phi) is 7.01. The maximum absolute atomic E-state index is 5.05. The molecule has 0 amide bonds. The van der Waals surface area contributed by atoms with E-state index in [0.29, 0.717) is 0 Å². The molecule has 96 valence electrons. The molecule has 0 radical (unpaired) electrons. The van der Waals surface area contributed by atoms with Gasteiger partial charge in [-0.15, -0.1) is 0 Å². The van der Waals surface area contributed by atoms with E-state index in [1.807, 2.05) is 0 Å². The predicted octanol–water partition coefficient (Wildman–Crippen LogP) is 1.73. The van der Waals surface area contributed by atoms with Crippen LogP contribution in [0.1, 0.15) is 32.6 Å². The lowest BCUT2D eigenvalue weighted by atomic mass is 10.1. The van der Waals surface area contributed by atoms with Crippen LogP contribution in [0.25, 0.3) is 0 Å². The molecule has 0 spiro atoms. The molecule has 1 aliphatic carbocycles. The summed E-state index contributed by atoms with van der Waals surface area (Å²) >= 11 is 0. The topological polar surface area (TPSA) is 24.5 Å². The molecule has 1 rings (SSSR count). The highest BCUT2D eigenvalue weighted by molar-refractivity contribution is 4.78. The maximum atomic E-state index is 5.05. The van der Waals surface area contributed by atoms with E-state index in [4.69, 9.17) is 4.74 Å². The molecule has 3 nitrogen and oxygen atoms in total. The van der Waals surface area contributed by atoms with Gasteiger partial charge in [0.05, 0.1) is 0 Å². The van der Waals surface area contributed by atoms with E-state index in [-0.39, 0.29) is 0 Å². The molecule has 0 aromatic carbocycles. The van der Waals surface area contributed by atoms with Gasteiger partial charge in [0.15, 0.2) is 0 Å². The Morgan fingerprint density at radius 3 is 2.75 bits per heavy atom. The van der Waals surface area contributed by atoms with E-state index < -0.39 is 0 Å². The normalized spacial score (nSPS) is 25.5. The lowest BCUT2D eigenvalue weighted by Gasteiger charge is -2.18. The van der Waals surface area contributed by atoms with Crippen molar-refractivity contribution in [1.29, 1.82) is 0 Å². The van der Waals surface area contributed by atoms with Crippen molar-refractivity contribution in [3.05, 3.63) is 0 Å². The van der Waals surface area contributed by atoms with Crippen molar-refractivity contribution < 1.29 is 4.74 Å². The third-order valence-corrected chi connectivity index (χ3v) is 3.51. The summed E-state index contributed by atoms with van der Waals surface area (Å²) in [5, 5.41) is 3.66. The number of likely N-dealkylation sites (N-methyl/N-ethyl adjacent to an activating group) is 1. The van der Waals surface area contributed by atoms with Gasteiger partial charge in [-0.25, -0.2) is 0 Å². The first-order chi connectivity index (χ1) is 7.72. The Morgan fingerprint density at radius 2 is 2.12 bits per heavy atom. The summed E-state index contributed by atoms with van der Waals surface area (Å²) in [5.41, 5.74) is 0. The highest BCUT2D eigenvalue weighted by atomic mass is 16.5. The predicted molar refractivity (Wildman–Crippen MR) is 68.8 cm³/mol. The van der Waals surface area contributed by atoms with Crippen molar-refractivity contribution in [2.75, 3.05) is 40.4 Å². The zero-order valence-corrected chi connectivity index (χ0v) is 11.2. The minimum absolute atomic E-state index is 0.780. The zero-order valence-electron chi connectivity index (χ0n) is 11.2. The van der Waals surface area contributed by atoms with E-state index in [2.05, 4.69) is 24.2 Å². The fraction of sp³-hybridized carbons (Fsp3) is 1.00. The first kappa shape index (κ1) is 13.9. The average Bonchev–Trinajstić information content (AvgIpc) is 2.65. The molecule has 0 heterocycles. The molecule has 0 aliphatic heterocycles. The van der Waals surface area contributed by atoms with Crippen molar-refractivity contribution in [3.8, 4) is 0 Å². The molecule has 0 bridgehead atoms. The van der Waals surface area contributed by atoms with Gasteiger partial charge in [0.1, 0.15) is 0 Å². The lowest BCUT2D eigenvalue weighted by Crippen LogP contribution is -2.35. The van der Waals surface area contributed by atoms with Crippen LogP contribution in [-0.4, -0.2) is 51.3 Å². The third-order valence-electron chi connectivity index (χ3n) is 3.51. The van der Waals surface area contributed by atoms with Crippen LogP contribution in [0.15, 0.2) is 0 Å². The molecule has 0 saturated heterocycles. The number of rotatable bonds is 8. The van der Waals surface area contributed by atoms with Gasteiger partial charge >= 0.3 is 0 Å². The molecular formula is C13H28N2O. The summed E-state index contributed by atoms with van der Waals surface area (Å²) in [6.45, 7) is 6.64. The second-order valence-electron chi connectivity index (χ2n) is 5.22. The fourth-order valence-electron chi connectivity index (χ4n) is 2.44. The molecule has 3 heteroatoms. The van der Waals surface area contributed by atoms with E-state index in [1.165, 1.54) is 19.3 Å². The number of hydrogen-bond acceptors (Lipinski definition) is 3. The maximum Gasteiger partial charge on any atom is 0.0474 e. The van der Waals surface area contributed by atoms with Crippen molar-refractivity contribution in [3.63, 3.8) is 0 Å². The van der Waals surface area contributed by atoms with E-state index in [1.54, 1.807) is 7.11 Å². The standard InChI is InChI=1S/C13H28N2O/c1-12-5-6-13(11-12)14-7-9-15(2)8-4-10-16-3/h12-14H,4-11H2,1-3H3. The van der Waals surface area contributed by atoms with Crippen LogP contribution in [0.3, 0.4) is 0 Å². The van der Waals surface area contributed by atoms with Crippen molar-refractivity contribution >= 4 is 0 Å². The minimum atomic E-state index is 0.780. The fourth-order valence-corrected chi connectivity index (χ4v) is 2.44. The van der Waals surface area contributed by atoms with Crippen LogP contribution >= 0.6 is 0 Å². The average molecular weight is 228 g/mol. The summed E-state index contributed by atoms with van der Waals surface area (Å²) in [6, 6.07) is 0.780. The van der Waals surface area contributed by atoms with Crippen LogP contribution in [0.4, 0.5) is 0 Å². The molecule has 1 aliphatic rings. The number of methoxy groups -OCH3 is 1. The second-order valence-corrected chi connectivity index (χ2v) is 5.22. The van der Waals surface area contributed by atoms with Gasteiger partial charge < -0.3 is 15.0 Å². The lowest BCUT2D eigenvalue weighted by molar-refractivity contribution is 0.179. The number of ether oxygens (including phenoxy) is 1. The molecule has 16 heavy (non-hydrogen) atoms. The Hall–Kier alpha value is -0.120. The second kappa shape index (κ2) is 8.04. The molecule has 0 aromatic heterocycles. The van der Waals surface area contributed by atoms with Gasteiger partial charge in [0.25, 0.3) is 0 Å². The monoisotopic (exact) mass is 228 g/mol. The van der Waals surface area contributed by atoms with Gasteiger partial charge in [-0.2, -0.15) is 0 Å². The van der Waals surface area contributed by atoms with E-state index >= 15 is 0 Å². The highest BCUT2D eigenvalue weighted by Crippen LogP contribution is 2.24. The Morgan fingerprint density at radius 1 is 1.31 bits per heavy atom. The van der Waals surface area contributed by atoms with Crippen molar-refractivity contribution in [1.82, 2.24) is 10.2 Å². The van der Waals surface area contributed by atoms with Gasteiger partial charge in [-0.05, 0) is 38.6 Å². The quantitative estimate of drug-likeness (QED) is 0.640. The summed E-state index contributed by atoms with van der Waals surface area (Å²) in [6.07, 6.45) is 5.27. The molecular weight excluding hydrogens is 200 g/mol. The van der Waals surface area contributed by atoms with Crippen LogP contribution in [0, 0.1) is 5.92 Å². The largest absolute Gasteiger partial charge is 0.385 e. The summed E-state index contributed by atoms with van der Waals surface area (Å²) in [5.74, 6) is 0.928. The molecule has 1 saturated carbocycles. The summed E-state index contributed by atoms with van der Waals surface area (Å²) in [7, 11) is 3.96. The van der Waals surface area contributed by atoms with Gasteiger partial charge in [0.2, 0.25) is 0 Å². The highest BCUT2D eigenvalue weighted by Gasteiger charge is 2.20. The summed E-state index contributed by atoms with van der Waals surface area (Å²) in [4.78, 5) is 2.38. The number of nitrogens with zero attached hydrogens (tertiary/aromatic N) is 1. The number of nitrogens with one attached hydrogen (secondary N) is 1. The molecule has 1 N–H and O–H groups in total. The van der Waals surface area contributed by atoms with Crippen molar-refractivity contribution in [2.45, 2.75) is 38.6 Å². The van der Waals surface area contributed by atoms with Gasteiger partial charge in [-0.3, -0.25) is 0 Å². The Balaban J connectivity index is 1.93. The van der Waals surface area contributed by atoms with Crippen LogP contribution in [-0.2, 0) is 4.74 Å². The van der Waals surface area contributed by atoms with E-state index in [0.717, 1.165) is 44.6 Å². The first-order valence-electron chi connectivity index (χ1n) is 6.63. The first-order valence-corrected chi connectivity index (χ1v) is 6.63. The van der Waals surface area contributed by atoms with Gasteiger partial charge in [0, 0.05) is 39.4 Å². The van der Waals surface area contributed by atoms with Crippen LogP contribution in [0.5, 0.6) is 0 Å². The minimum Gasteiger partial charge on any atom is -0.385 e. The zero-order chi connectivity index (χ0) is 11.8. The molecule has 2 unspecified atom stereocenters. The smallest absolute Gasteiger partial charge is 0.0474 e. The van der Waals surface area contributed by atoms with Crippen molar-refractivity contribution in [2.24, 2.45) is 5.92 Å².